The molecular weight excluding hydrogens is 488 g/mol. The molecule has 2 aliphatic heterocycles. The summed E-state index contributed by atoms with van der Waals surface area (Å²) in [6.45, 7) is 11.0. The van der Waals surface area contributed by atoms with Gasteiger partial charge in [0.15, 0.2) is 0 Å². The highest BCUT2D eigenvalue weighted by molar-refractivity contribution is 6.81. The lowest BCUT2D eigenvalue weighted by molar-refractivity contribution is 0.146. The fourth-order valence-electron chi connectivity index (χ4n) is 13.5. The molecule has 0 aromatic rings. The largest absolute Gasteiger partial charge is 0.374 e. The Morgan fingerprint density at radius 1 is 0.538 bits per heavy atom. The monoisotopic (exact) mass is 546 g/mol. The summed E-state index contributed by atoms with van der Waals surface area (Å²) in [6.07, 6.45) is 20.9. The number of rotatable bonds is 2. The van der Waals surface area contributed by atoms with Gasteiger partial charge in [0.05, 0.1) is 8.07 Å². The highest BCUT2D eigenvalue weighted by Gasteiger charge is 2.64. The van der Waals surface area contributed by atoms with Crippen molar-refractivity contribution in [2.45, 2.75) is 140 Å². The number of allylic oxidation sites excluding steroid dienone is 2. The standard InChI is InChI=1S/C36H58N2Si/c1-21-15-17-29-27(19-21)31-23-11-7-9-13-25(23)35(33(31)37(29)3)39(5,6)36-26-14-10-8-12-24(26)32-28-20-22(2)16-18-30(28)38(4)34(32)36/h21-30,35-36H,7-20H2,1-6H3. The average molecular weight is 547 g/mol. The van der Waals surface area contributed by atoms with E-state index in [0.717, 1.165) is 70.5 Å². The summed E-state index contributed by atoms with van der Waals surface area (Å²) in [5.74, 6) is 7.49. The van der Waals surface area contributed by atoms with Crippen LogP contribution in [0.3, 0.4) is 0 Å². The SMILES string of the molecule is CC1CCC2C(C1)C1=C(C([Si](C)(C)C3C4=C(C5CCCCC53)C3CC(C)CCC3N4C)C3CCCCC13)N2C. The third kappa shape index (κ3) is 3.50. The molecule has 2 heterocycles. The molecule has 3 heteroatoms. The Labute approximate surface area is 241 Å². The maximum absolute atomic E-state index is 2.96. The van der Waals surface area contributed by atoms with Crippen LogP contribution in [0.1, 0.15) is 104 Å². The molecule has 12 atom stereocenters. The molecule has 8 aliphatic rings. The lowest BCUT2D eigenvalue weighted by atomic mass is 9.69. The van der Waals surface area contributed by atoms with E-state index in [1.807, 2.05) is 11.4 Å². The maximum Gasteiger partial charge on any atom is 0.0672 e. The molecule has 216 valence electrons. The third-order valence-corrected chi connectivity index (χ3v) is 19.4. The van der Waals surface area contributed by atoms with Crippen molar-refractivity contribution in [3.8, 4) is 0 Å². The number of fused-ring (bicyclic) bond motifs is 8. The van der Waals surface area contributed by atoms with Gasteiger partial charge in [-0.15, -0.1) is 0 Å². The first-order valence-electron chi connectivity index (χ1n) is 17.7. The average Bonchev–Trinajstić information content (AvgIpc) is 3.61. The van der Waals surface area contributed by atoms with Crippen molar-refractivity contribution < 1.29 is 0 Å². The third-order valence-electron chi connectivity index (χ3n) is 14.8. The fraction of sp³-hybridized carbons (Fsp3) is 0.889. The number of likely N-dealkylation sites (tertiary alicyclic amines) is 2. The Kier molecular flexibility index (Phi) is 6.09. The van der Waals surface area contributed by atoms with Crippen molar-refractivity contribution in [1.29, 1.82) is 0 Å². The van der Waals surface area contributed by atoms with Crippen LogP contribution < -0.4 is 0 Å². The predicted molar refractivity (Wildman–Crippen MR) is 166 cm³/mol. The van der Waals surface area contributed by atoms with E-state index in [-0.39, 0.29) is 0 Å². The minimum Gasteiger partial charge on any atom is -0.374 e. The quantitative estimate of drug-likeness (QED) is 0.319. The predicted octanol–water partition coefficient (Wildman–Crippen LogP) is 9.08. The summed E-state index contributed by atoms with van der Waals surface area (Å²) in [6, 6.07) is 1.67. The Morgan fingerprint density at radius 3 is 1.38 bits per heavy atom. The van der Waals surface area contributed by atoms with Gasteiger partial charge in [0, 0.05) is 49.4 Å². The van der Waals surface area contributed by atoms with E-state index >= 15 is 0 Å². The first-order chi connectivity index (χ1) is 18.8. The first-order valence-corrected chi connectivity index (χ1v) is 20.9. The molecule has 0 bridgehead atoms. The summed E-state index contributed by atoms with van der Waals surface area (Å²) >= 11 is 0. The van der Waals surface area contributed by atoms with Crippen LogP contribution in [0.5, 0.6) is 0 Å². The maximum atomic E-state index is 2.96. The lowest BCUT2D eigenvalue weighted by Crippen LogP contribution is -2.50. The zero-order chi connectivity index (χ0) is 26.8. The number of hydrogen-bond donors (Lipinski definition) is 0. The Morgan fingerprint density at radius 2 is 0.949 bits per heavy atom. The fourth-order valence-corrected chi connectivity index (χ4v) is 19.0. The minimum atomic E-state index is -1.67. The summed E-state index contributed by atoms with van der Waals surface area (Å²) in [7, 11) is 3.48. The van der Waals surface area contributed by atoms with Crippen molar-refractivity contribution in [2.24, 2.45) is 47.3 Å². The van der Waals surface area contributed by atoms with Crippen LogP contribution in [0.15, 0.2) is 22.5 Å². The normalized spacial score (nSPS) is 49.1. The smallest absolute Gasteiger partial charge is 0.0672 e. The van der Waals surface area contributed by atoms with Crippen LogP contribution in [0, 0.1) is 47.3 Å². The van der Waals surface area contributed by atoms with Crippen LogP contribution in [0.2, 0.25) is 24.2 Å². The molecule has 0 saturated heterocycles. The molecule has 8 rings (SSSR count). The van der Waals surface area contributed by atoms with Gasteiger partial charge >= 0.3 is 0 Å². The van der Waals surface area contributed by atoms with Crippen LogP contribution >= 0.6 is 0 Å². The summed E-state index contributed by atoms with van der Waals surface area (Å²) in [5, 5.41) is 0. The van der Waals surface area contributed by atoms with E-state index in [9.17, 15) is 0 Å². The molecule has 0 aromatic carbocycles. The van der Waals surface area contributed by atoms with Gasteiger partial charge in [-0.1, -0.05) is 52.6 Å². The second-order valence-corrected chi connectivity index (χ2v) is 21.9. The van der Waals surface area contributed by atoms with Crippen LogP contribution in [0.25, 0.3) is 0 Å². The molecule has 0 N–H and O–H groups in total. The number of nitrogens with zero attached hydrogens (tertiary/aromatic N) is 2. The first kappa shape index (κ1) is 26.0. The molecular formula is C36H58N2Si. The van der Waals surface area contributed by atoms with Gasteiger partial charge in [0.1, 0.15) is 0 Å². The molecule has 2 nitrogen and oxygen atoms in total. The Hall–Kier alpha value is -0.703. The molecule has 4 saturated carbocycles. The van der Waals surface area contributed by atoms with Gasteiger partial charge in [-0.05, 0) is 122 Å². The Balaban J connectivity index is 1.24. The van der Waals surface area contributed by atoms with E-state index < -0.39 is 8.07 Å². The summed E-state index contributed by atoms with van der Waals surface area (Å²) in [5.41, 5.74) is 9.88. The molecule has 0 radical (unpaired) electrons. The van der Waals surface area contributed by atoms with Crippen LogP contribution in [-0.2, 0) is 0 Å². The van der Waals surface area contributed by atoms with Gasteiger partial charge in [0.2, 0.25) is 0 Å². The van der Waals surface area contributed by atoms with Crippen molar-refractivity contribution in [2.75, 3.05) is 14.1 Å². The summed E-state index contributed by atoms with van der Waals surface area (Å²) < 4.78 is 0. The highest BCUT2D eigenvalue weighted by Crippen LogP contribution is 2.70. The molecule has 4 fully saturated rings. The van der Waals surface area contributed by atoms with Crippen LogP contribution in [-0.4, -0.2) is 44.1 Å². The van der Waals surface area contributed by atoms with E-state index in [2.05, 4.69) is 62.0 Å². The van der Waals surface area contributed by atoms with Crippen molar-refractivity contribution in [3.05, 3.63) is 22.5 Å². The second-order valence-electron chi connectivity index (χ2n) is 17.0. The summed E-state index contributed by atoms with van der Waals surface area (Å²) in [4.78, 5) is 5.93. The van der Waals surface area contributed by atoms with Gasteiger partial charge in [-0.2, -0.15) is 0 Å². The zero-order valence-corrected chi connectivity index (χ0v) is 27.2. The topological polar surface area (TPSA) is 6.48 Å². The highest BCUT2D eigenvalue weighted by atomic mass is 28.3. The van der Waals surface area contributed by atoms with Crippen molar-refractivity contribution in [3.63, 3.8) is 0 Å². The molecule has 12 unspecified atom stereocenters. The van der Waals surface area contributed by atoms with E-state index in [1.54, 1.807) is 0 Å². The molecule has 0 aromatic heterocycles. The molecule has 39 heavy (non-hydrogen) atoms. The number of hydrogen-bond acceptors (Lipinski definition) is 2. The van der Waals surface area contributed by atoms with Crippen molar-refractivity contribution in [1.82, 2.24) is 9.80 Å². The molecule has 0 spiro atoms. The van der Waals surface area contributed by atoms with Crippen LogP contribution in [0.4, 0.5) is 0 Å². The van der Waals surface area contributed by atoms with Gasteiger partial charge in [-0.3, -0.25) is 0 Å². The minimum absolute atomic E-state index is 0.834. The van der Waals surface area contributed by atoms with E-state index in [1.165, 1.54) is 89.9 Å². The Bertz CT molecular complexity index is 990. The lowest BCUT2D eigenvalue weighted by Gasteiger charge is -2.51. The van der Waals surface area contributed by atoms with Gasteiger partial charge in [0.25, 0.3) is 0 Å². The second kappa shape index (κ2) is 9.15. The van der Waals surface area contributed by atoms with Gasteiger partial charge in [-0.25, -0.2) is 0 Å². The van der Waals surface area contributed by atoms with E-state index in [4.69, 9.17) is 0 Å². The zero-order valence-electron chi connectivity index (χ0n) is 26.2. The van der Waals surface area contributed by atoms with Gasteiger partial charge < -0.3 is 9.80 Å². The molecule has 0 amide bonds. The molecule has 6 aliphatic carbocycles. The van der Waals surface area contributed by atoms with Crippen molar-refractivity contribution >= 4 is 8.07 Å². The van der Waals surface area contributed by atoms with E-state index in [0.29, 0.717) is 0 Å².